The molecule has 0 fully saturated rings. The number of aromatic nitrogens is 2. The highest BCUT2D eigenvalue weighted by Crippen LogP contribution is 2.51. The molecule has 0 bridgehead atoms. The van der Waals surface area contributed by atoms with Crippen molar-refractivity contribution in [3.63, 3.8) is 0 Å². The van der Waals surface area contributed by atoms with Crippen LogP contribution in [0.1, 0.15) is 97.1 Å². The summed E-state index contributed by atoms with van der Waals surface area (Å²) in [6.45, 7) is 19.2. The molecule has 1 aromatic carbocycles. The Kier molecular flexibility index (Phi) is 9.54. The number of alkyl carbamates (subject to hydrolysis) is 1. The fraction of sp³-hybridized carbons (Fsp3) is 0.514. The Morgan fingerprint density at radius 3 is 2.40 bits per heavy atom. The van der Waals surface area contributed by atoms with Gasteiger partial charge >= 0.3 is 24.0 Å². The van der Waals surface area contributed by atoms with Gasteiger partial charge in [-0.05, 0) is 69.0 Å². The summed E-state index contributed by atoms with van der Waals surface area (Å²) in [4.78, 5) is 70.8. The van der Waals surface area contributed by atoms with Crippen molar-refractivity contribution < 1.29 is 38.1 Å². The van der Waals surface area contributed by atoms with Crippen LogP contribution in [0.3, 0.4) is 0 Å². The number of hydrogen-bond donors (Lipinski definition) is 1. The third-order valence-electron chi connectivity index (χ3n) is 9.89. The van der Waals surface area contributed by atoms with Crippen molar-refractivity contribution >= 4 is 43.0 Å². The molecule has 0 saturated carbocycles. The Bertz CT molecular complexity index is 1950. The largest absolute Gasteiger partial charge is 0.458 e. The number of hydrogen-bond acceptors (Lipinski definition) is 10. The summed E-state index contributed by atoms with van der Waals surface area (Å²) in [6.07, 6.45) is -0.423. The number of cyclic esters (lactones) is 1. The van der Waals surface area contributed by atoms with Gasteiger partial charge in [0.15, 0.2) is 0 Å². The van der Waals surface area contributed by atoms with E-state index in [0.717, 1.165) is 10.9 Å². The molecular weight excluding hydrogens is 659 g/mol. The van der Waals surface area contributed by atoms with Gasteiger partial charge in [0.1, 0.15) is 25.2 Å². The SMILES string of the molecule is CCC1(OC(=O)CCCNC(=O)OC(C)(C)C)C(=O)OC([Si](C)(C)C(C)(C)C)c2c1cc1n(c2=O)Cc2cc3cc(OC(C)=O)ccc3nc2-1. The maximum Gasteiger partial charge on any atom is 0.407 e. The van der Waals surface area contributed by atoms with Gasteiger partial charge in [0.25, 0.3) is 5.56 Å². The number of rotatable bonds is 8. The molecule has 2 aromatic heterocycles. The molecule has 1 N–H and O–H groups in total. The molecular formula is C37H47N3O9Si. The minimum Gasteiger partial charge on any atom is -0.458 e. The van der Waals surface area contributed by atoms with Crippen LogP contribution in [0.15, 0.2) is 35.1 Å². The maximum absolute atomic E-state index is 14.7. The lowest BCUT2D eigenvalue weighted by Gasteiger charge is -2.47. The van der Waals surface area contributed by atoms with Gasteiger partial charge in [-0.15, -0.1) is 0 Å². The van der Waals surface area contributed by atoms with E-state index in [1.807, 2.05) is 6.07 Å². The molecule has 2 unspecified atom stereocenters. The Balaban J connectivity index is 1.57. The van der Waals surface area contributed by atoms with Gasteiger partial charge in [0.05, 0.1) is 29.0 Å². The Morgan fingerprint density at radius 2 is 1.78 bits per heavy atom. The summed E-state index contributed by atoms with van der Waals surface area (Å²) in [6, 6.07) is 8.82. The van der Waals surface area contributed by atoms with Crippen LogP contribution in [0, 0.1) is 0 Å². The lowest BCUT2D eigenvalue weighted by Crippen LogP contribution is -2.56. The summed E-state index contributed by atoms with van der Waals surface area (Å²) in [7, 11) is -2.58. The topological polar surface area (TPSA) is 152 Å². The van der Waals surface area contributed by atoms with E-state index in [1.54, 1.807) is 56.5 Å². The number of carbonyl (C=O) groups excluding carboxylic acids is 4. The van der Waals surface area contributed by atoms with E-state index in [4.69, 9.17) is 23.9 Å². The lowest BCUT2D eigenvalue weighted by molar-refractivity contribution is -0.190. The van der Waals surface area contributed by atoms with Crippen molar-refractivity contribution in [3.05, 3.63) is 57.4 Å². The molecule has 13 heteroatoms. The minimum absolute atomic E-state index is 0.0325. The van der Waals surface area contributed by atoms with Crippen molar-refractivity contribution in [3.8, 4) is 17.1 Å². The average molecular weight is 706 g/mol. The monoisotopic (exact) mass is 705 g/mol. The molecule has 2 atom stereocenters. The smallest absolute Gasteiger partial charge is 0.407 e. The highest BCUT2D eigenvalue weighted by molar-refractivity contribution is 6.81. The number of nitrogens with zero attached hydrogens (tertiary/aromatic N) is 2. The summed E-state index contributed by atoms with van der Waals surface area (Å²) in [5.74, 6) is -1.43. The third kappa shape index (κ3) is 6.79. The van der Waals surface area contributed by atoms with Crippen molar-refractivity contribution in [2.75, 3.05) is 6.54 Å². The van der Waals surface area contributed by atoms with Gasteiger partial charge in [-0.1, -0.05) is 40.8 Å². The Morgan fingerprint density at radius 1 is 1.08 bits per heavy atom. The van der Waals surface area contributed by atoms with Gasteiger partial charge < -0.3 is 28.8 Å². The van der Waals surface area contributed by atoms with Crippen LogP contribution < -0.4 is 15.6 Å². The molecule has 4 heterocycles. The fourth-order valence-corrected chi connectivity index (χ4v) is 8.49. The van der Waals surface area contributed by atoms with Crippen LogP contribution >= 0.6 is 0 Å². The van der Waals surface area contributed by atoms with Crippen LogP contribution in [0.5, 0.6) is 5.75 Å². The number of carbonyl (C=O) groups is 4. The van der Waals surface area contributed by atoms with Crippen LogP contribution in [-0.4, -0.2) is 53.8 Å². The normalized spacial score (nSPS) is 18.4. The second-order valence-electron chi connectivity index (χ2n) is 15.6. The number of amides is 1. The lowest BCUT2D eigenvalue weighted by atomic mass is 9.85. The first-order chi connectivity index (χ1) is 23.2. The first-order valence-electron chi connectivity index (χ1n) is 17.0. The van der Waals surface area contributed by atoms with E-state index >= 15 is 0 Å². The predicted octanol–water partition coefficient (Wildman–Crippen LogP) is 6.45. The number of nitrogens with one attached hydrogen (secondary N) is 1. The predicted molar refractivity (Wildman–Crippen MR) is 189 cm³/mol. The van der Waals surface area contributed by atoms with E-state index in [2.05, 4.69) is 39.2 Å². The molecule has 268 valence electrons. The van der Waals surface area contributed by atoms with Crippen molar-refractivity contribution in [1.82, 2.24) is 14.9 Å². The molecule has 0 saturated heterocycles. The van der Waals surface area contributed by atoms with E-state index in [9.17, 15) is 24.0 Å². The molecule has 0 spiro atoms. The van der Waals surface area contributed by atoms with Crippen molar-refractivity contribution in [1.29, 1.82) is 0 Å². The number of benzene rings is 1. The highest BCUT2D eigenvalue weighted by atomic mass is 28.3. The molecule has 2 aliphatic heterocycles. The third-order valence-corrected chi connectivity index (χ3v) is 15.5. The van der Waals surface area contributed by atoms with Gasteiger partial charge in [-0.2, -0.15) is 0 Å². The molecule has 12 nitrogen and oxygen atoms in total. The first kappa shape index (κ1) is 36.7. The molecule has 50 heavy (non-hydrogen) atoms. The zero-order valence-electron chi connectivity index (χ0n) is 30.6. The molecule has 0 radical (unpaired) electrons. The zero-order chi connectivity index (χ0) is 37.0. The minimum atomic E-state index is -2.58. The van der Waals surface area contributed by atoms with Crippen LogP contribution in [0.2, 0.25) is 18.1 Å². The highest BCUT2D eigenvalue weighted by Gasteiger charge is 2.58. The Labute approximate surface area is 292 Å². The maximum atomic E-state index is 14.7. The first-order valence-corrected chi connectivity index (χ1v) is 20.1. The number of fused-ring (bicyclic) bond motifs is 5. The van der Waals surface area contributed by atoms with Crippen molar-refractivity contribution in [2.24, 2.45) is 0 Å². The quantitative estimate of drug-likeness (QED) is 0.0712. The van der Waals surface area contributed by atoms with E-state index in [-0.39, 0.29) is 42.9 Å². The number of ether oxygens (including phenoxy) is 4. The summed E-state index contributed by atoms with van der Waals surface area (Å²) < 4.78 is 24.5. The summed E-state index contributed by atoms with van der Waals surface area (Å²) in [5.41, 5.74) is -0.500. The van der Waals surface area contributed by atoms with Crippen LogP contribution in [-0.2, 0) is 40.7 Å². The second-order valence-corrected chi connectivity index (χ2v) is 21.1. The van der Waals surface area contributed by atoms with E-state index < -0.39 is 49.0 Å². The molecule has 3 aromatic rings. The summed E-state index contributed by atoms with van der Waals surface area (Å²) >= 11 is 0. The van der Waals surface area contributed by atoms with Crippen molar-refractivity contribution in [2.45, 2.75) is 116 Å². The summed E-state index contributed by atoms with van der Waals surface area (Å²) in [5, 5.41) is 3.10. The van der Waals surface area contributed by atoms with E-state index in [1.165, 1.54) is 6.92 Å². The molecule has 5 rings (SSSR count). The van der Waals surface area contributed by atoms with Crippen LogP contribution in [0.25, 0.3) is 22.3 Å². The van der Waals surface area contributed by atoms with Crippen LogP contribution in [0.4, 0.5) is 4.79 Å². The molecule has 1 amide bonds. The molecule has 0 aliphatic carbocycles. The van der Waals surface area contributed by atoms with Gasteiger partial charge in [0, 0.05) is 36.4 Å². The van der Waals surface area contributed by atoms with Gasteiger partial charge in [-0.25, -0.2) is 14.6 Å². The standard InChI is InChI=1S/C37H47N3O9Si/c1-11-37(48-28(42)13-12-16-38-34(45)49-35(3,4)5)25-19-27-30-23(17-22-18-24(46-21(2)41)14-15-26(22)39-30)20-40(27)31(43)29(25)32(47-33(37)44)50(9,10)36(6,7)8/h14-15,17-19,32H,11-13,16,20H2,1-10H3,(H,38,45). The van der Waals surface area contributed by atoms with Gasteiger partial charge in [-0.3, -0.25) is 14.4 Å². The second kappa shape index (κ2) is 13.0. The number of esters is 3. The molecule has 2 aliphatic rings. The van der Waals surface area contributed by atoms with E-state index in [0.29, 0.717) is 33.8 Å². The van der Waals surface area contributed by atoms with Gasteiger partial charge in [0.2, 0.25) is 5.60 Å². The zero-order valence-corrected chi connectivity index (χ0v) is 31.6. The number of pyridine rings is 2. The Hall–Kier alpha value is -4.52. The fourth-order valence-electron chi connectivity index (χ4n) is 6.30. The average Bonchev–Trinajstić information content (AvgIpc) is 3.35.